The maximum atomic E-state index is 12.8. The van der Waals surface area contributed by atoms with Gasteiger partial charge in [-0.3, -0.25) is 14.4 Å². The Morgan fingerprint density at radius 3 is 0.969 bits per heavy atom. The van der Waals surface area contributed by atoms with E-state index in [0.717, 1.165) is 103 Å². The molecule has 0 aliphatic carbocycles. The van der Waals surface area contributed by atoms with Crippen LogP contribution in [0.2, 0.25) is 0 Å². The summed E-state index contributed by atoms with van der Waals surface area (Å²) < 4.78 is 16.8. The van der Waals surface area contributed by atoms with Crippen LogP contribution < -0.4 is 0 Å². The molecule has 0 saturated carbocycles. The molecule has 0 N–H and O–H groups in total. The molecule has 0 aromatic heterocycles. The topological polar surface area (TPSA) is 78.9 Å². The van der Waals surface area contributed by atoms with E-state index >= 15 is 0 Å². The Hall–Kier alpha value is -2.89. The Balaban J connectivity index is 4.38. The van der Waals surface area contributed by atoms with Crippen LogP contribution in [0, 0.1) is 0 Å². The van der Waals surface area contributed by atoms with Crippen LogP contribution in [-0.2, 0) is 28.6 Å². The van der Waals surface area contributed by atoms with Crippen LogP contribution in [0.15, 0.2) is 60.8 Å². The van der Waals surface area contributed by atoms with Gasteiger partial charge in [0.25, 0.3) is 0 Å². The average molecular weight is 895 g/mol. The fourth-order valence-corrected chi connectivity index (χ4v) is 7.66. The van der Waals surface area contributed by atoms with E-state index in [4.69, 9.17) is 14.2 Å². The summed E-state index contributed by atoms with van der Waals surface area (Å²) in [5, 5.41) is 0. The van der Waals surface area contributed by atoms with Crippen LogP contribution in [0.1, 0.15) is 271 Å². The van der Waals surface area contributed by atoms with E-state index in [1.165, 1.54) is 128 Å². The molecule has 0 aliphatic heterocycles. The van der Waals surface area contributed by atoms with Crippen LogP contribution in [0.5, 0.6) is 0 Å². The second kappa shape index (κ2) is 52.7. The molecule has 1 unspecified atom stereocenters. The van der Waals surface area contributed by atoms with Gasteiger partial charge in [-0.2, -0.15) is 0 Å². The first-order chi connectivity index (χ1) is 31.5. The zero-order valence-corrected chi connectivity index (χ0v) is 42.3. The molecule has 0 saturated heterocycles. The summed E-state index contributed by atoms with van der Waals surface area (Å²) in [6, 6.07) is 0. The minimum absolute atomic E-state index is 0.0800. The van der Waals surface area contributed by atoms with Gasteiger partial charge in [0.05, 0.1) is 0 Å². The molecular formula is C58H102O6. The van der Waals surface area contributed by atoms with Gasteiger partial charge < -0.3 is 14.2 Å². The SMILES string of the molecule is CC/C=C\C/C=C\C/C=C\C/C=C\CCCCCCCCC(=O)OCC(COC(=O)CCCCCCCCCCCCCC)OC(=O)CCCCCCC/C=C\CCCCCCCC. The number of carbonyl (C=O) groups is 3. The minimum atomic E-state index is -0.782. The summed E-state index contributed by atoms with van der Waals surface area (Å²) in [7, 11) is 0. The van der Waals surface area contributed by atoms with Crippen molar-refractivity contribution in [3.8, 4) is 0 Å². The smallest absolute Gasteiger partial charge is 0.306 e. The molecule has 0 heterocycles. The Labute approximate surface area is 396 Å². The third-order valence-electron chi connectivity index (χ3n) is 11.8. The molecule has 0 radical (unpaired) electrons. The van der Waals surface area contributed by atoms with Gasteiger partial charge in [-0.25, -0.2) is 0 Å². The molecule has 64 heavy (non-hydrogen) atoms. The van der Waals surface area contributed by atoms with Gasteiger partial charge in [-0.1, -0.05) is 229 Å². The van der Waals surface area contributed by atoms with Crippen molar-refractivity contribution in [2.45, 2.75) is 277 Å². The number of hydrogen-bond acceptors (Lipinski definition) is 6. The fraction of sp³-hybridized carbons (Fsp3) is 0.776. The predicted molar refractivity (Wildman–Crippen MR) is 275 cm³/mol. The van der Waals surface area contributed by atoms with Crippen molar-refractivity contribution >= 4 is 17.9 Å². The van der Waals surface area contributed by atoms with Gasteiger partial charge in [-0.15, -0.1) is 0 Å². The number of ether oxygens (including phenoxy) is 3. The highest BCUT2D eigenvalue weighted by molar-refractivity contribution is 5.71. The first kappa shape index (κ1) is 61.1. The molecule has 370 valence electrons. The van der Waals surface area contributed by atoms with Crippen molar-refractivity contribution < 1.29 is 28.6 Å². The lowest BCUT2D eigenvalue weighted by Gasteiger charge is -2.18. The van der Waals surface area contributed by atoms with E-state index in [1.807, 2.05) is 0 Å². The summed E-state index contributed by atoms with van der Waals surface area (Å²) in [6.45, 7) is 6.51. The monoisotopic (exact) mass is 895 g/mol. The van der Waals surface area contributed by atoms with Crippen LogP contribution >= 0.6 is 0 Å². The van der Waals surface area contributed by atoms with Crippen LogP contribution in [0.4, 0.5) is 0 Å². The van der Waals surface area contributed by atoms with Gasteiger partial charge in [0, 0.05) is 19.3 Å². The summed E-state index contributed by atoms with van der Waals surface area (Å²) in [4.78, 5) is 38.0. The second-order valence-electron chi connectivity index (χ2n) is 18.1. The quantitative estimate of drug-likeness (QED) is 0.0262. The summed E-state index contributed by atoms with van der Waals surface area (Å²) in [5.41, 5.74) is 0. The molecular weight excluding hydrogens is 793 g/mol. The second-order valence-corrected chi connectivity index (χ2v) is 18.1. The zero-order valence-electron chi connectivity index (χ0n) is 42.3. The third-order valence-corrected chi connectivity index (χ3v) is 11.8. The molecule has 0 fully saturated rings. The largest absolute Gasteiger partial charge is 0.462 e. The predicted octanol–water partition coefficient (Wildman–Crippen LogP) is 18.0. The maximum Gasteiger partial charge on any atom is 0.306 e. The number of carbonyl (C=O) groups excluding carboxylic acids is 3. The number of esters is 3. The Bertz CT molecular complexity index is 1170. The van der Waals surface area contributed by atoms with Gasteiger partial charge in [0.2, 0.25) is 0 Å². The molecule has 0 aromatic carbocycles. The molecule has 0 bridgehead atoms. The van der Waals surface area contributed by atoms with Crippen molar-refractivity contribution in [1.29, 1.82) is 0 Å². The molecule has 6 nitrogen and oxygen atoms in total. The van der Waals surface area contributed by atoms with E-state index in [0.29, 0.717) is 19.3 Å². The summed E-state index contributed by atoms with van der Waals surface area (Å²) in [6.07, 6.45) is 64.9. The highest BCUT2D eigenvalue weighted by atomic mass is 16.6. The van der Waals surface area contributed by atoms with Crippen molar-refractivity contribution in [2.75, 3.05) is 13.2 Å². The molecule has 0 aliphatic rings. The molecule has 0 aromatic rings. The molecule has 0 spiro atoms. The highest BCUT2D eigenvalue weighted by Crippen LogP contribution is 2.15. The Morgan fingerprint density at radius 1 is 0.328 bits per heavy atom. The van der Waals surface area contributed by atoms with E-state index in [-0.39, 0.29) is 31.1 Å². The maximum absolute atomic E-state index is 12.8. The first-order valence-corrected chi connectivity index (χ1v) is 27.3. The summed E-state index contributed by atoms with van der Waals surface area (Å²) in [5.74, 6) is -0.895. The molecule has 0 amide bonds. The van der Waals surface area contributed by atoms with Crippen molar-refractivity contribution in [3.05, 3.63) is 60.8 Å². The van der Waals surface area contributed by atoms with E-state index in [1.54, 1.807) is 0 Å². The van der Waals surface area contributed by atoms with Crippen molar-refractivity contribution in [1.82, 2.24) is 0 Å². The molecule has 0 rings (SSSR count). The van der Waals surface area contributed by atoms with Crippen molar-refractivity contribution in [2.24, 2.45) is 0 Å². The Kier molecular flexibility index (Phi) is 50.4. The van der Waals surface area contributed by atoms with E-state index in [2.05, 4.69) is 81.5 Å². The fourth-order valence-electron chi connectivity index (χ4n) is 7.66. The number of rotatable bonds is 49. The standard InChI is InChI=1S/C58H102O6/c1-4-7-10-13-16-19-22-25-27-28-29-30-32-33-36-39-42-45-48-51-57(60)63-54-55(53-62-56(59)50-47-44-41-38-35-24-21-18-15-12-9-6-3)64-58(61)52-49-46-43-40-37-34-31-26-23-20-17-14-11-8-5-2/h7,10,16,19,25-27,29-31,55H,4-6,8-9,11-15,17-18,20-24,28,32-54H2,1-3H3/b10-7-,19-16-,27-25-,30-29-,31-26-. The Morgan fingerprint density at radius 2 is 0.609 bits per heavy atom. The van der Waals surface area contributed by atoms with E-state index in [9.17, 15) is 14.4 Å². The van der Waals surface area contributed by atoms with Crippen LogP contribution in [-0.4, -0.2) is 37.2 Å². The average Bonchev–Trinajstić information content (AvgIpc) is 3.29. The van der Waals surface area contributed by atoms with Gasteiger partial charge >= 0.3 is 17.9 Å². The molecule has 1 atom stereocenters. The number of hydrogen-bond donors (Lipinski definition) is 0. The third kappa shape index (κ3) is 50.1. The normalized spacial score (nSPS) is 12.5. The van der Waals surface area contributed by atoms with Crippen molar-refractivity contribution in [3.63, 3.8) is 0 Å². The first-order valence-electron chi connectivity index (χ1n) is 27.3. The zero-order chi connectivity index (χ0) is 46.5. The minimum Gasteiger partial charge on any atom is -0.462 e. The lowest BCUT2D eigenvalue weighted by atomic mass is 10.0. The van der Waals surface area contributed by atoms with Crippen LogP contribution in [0.3, 0.4) is 0 Å². The van der Waals surface area contributed by atoms with Gasteiger partial charge in [-0.05, 0) is 83.5 Å². The lowest BCUT2D eigenvalue weighted by molar-refractivity contribution is -0.167. The van der Waals surface area contributed by atoms with Crippen LogP contribution in [0.25, 0.3) is 0 Å². The highest BCUT2D eigenvalue weighted by Gasteiger charge is 2.19. The summed E-state index contributed by atoms with van der Waals surface area (Å²) >= 11 is 0. The van der Waals surface area contributed by atoms with E-state index < -0.39 is 6.10 Å². The number of allylic oxidation sites excluding steroid dienone is 10. The number of unbranched alkanes of at least 4 members (excludes halogenated alkanes) is 28. The van der Waals surface area contributed by atoms with Gasteiger partial charge in [0.1, 0.15) is 13.2 Å². The molecule has 6 heteroatoms. The van der Waals surface area contributed by atoms with Gasteiger partial charge in [0.15, 0.2) is 6.10 Å². The lowest BCUT2D eigenvalue weighted by Crippen LogP contribution is -2.30.